The molecule has 0 radical (unpaired) electrons. The number of halogens is 3. The van der Waals surface area contributed by atoms with Crippen LogP contribution >= 0.6 is 0 Å². The van der Waals surface area contributed by atoms with Gasteiger partial charge in [0, 0.05) is 18.1 Å². The van der Waals surface area contributed by atoms with E-state index in [2.05, 4.69) is 0 Å². The Bertz CT molecular complexity index is 1080. The van der Waals surface area contributed by atoms with Crippen LogP contribution in [0.4, 0.5) is 13.2 Å². The standard InChI is InChI=1S/C21H18F3NO3/c1-3-28-20(27)17-12-25(11-14-6-4-13(2)5-7-14)18-10-15(21(22,23)24)8-9-16(18)19(17)26/h4-10,12H,3,11H2,1-2H3. The van der Waals surface area contributed by atoms with Gasteiger partial charge in [-0.15, -0.1) is 0 Å². The molecule has 0 aliphatic heterocycles. The first-order chi connectivity index (χ1) is 13.2. The maximum absolute atomic E-state index is 13.2. The number of carbonyl (C=O) groups excluding carboxylic acids is 1. The van der Waals surface area contributed by atoms with Gasteiger partial charge in [0.05, 0.1) is 17.7 Å². The highest BCUT2D eigenvalue weighted by Gasteiger charge is 2.31. The minimum atomic E-state index is -4.54. The number of hydrogen-bond donors (Lipinski definition) is 0. The van der Waals surface area contributed by atoms with E-state index >= 15 is 0 Å². The highest BCUT2D eigenvalue weighted by atomic mass is 19.4. The lowest BCUT2D eigenvalue weighted by Gasteiger charge is -2.15. The summed E-state index contributed by atoms with van der Waals surface area (Å²) < 4.78 is 45.9. The molecule has 7 heteroatoms. The predicted molar refractivity (Wildman–Crippen MR) is 99.4 cm³/mol. The van der Waals surface area contributed by atoms with Gasteiger partial charge in [-0.05, 0) is 37.6 Å². The average molecular weight is 389 g/mol. The Morgan fingerprint density at radius 1 is 1.11 bits per heavy atom. The van der Waals surface area contributed by atoms with Crippen molar-refractivity contribution >= 4 is 16.9 Å². The Kier molecular flexibility index (Phi) is 5.27. The number of carbonyl (C=O) groups is 1. The molecule has 0 bridgehead atoms. The van der Waals surface area contributed by atoms with E-state index in [0.29, 0.717) is 0 Å². The number of fused-ring (bicyclic) bond motifs is 1. The average Bonchev–Trinajstić information content (AvgIpc) is 2.64. The maximum Gasteiger partial charge on any atom is 0.416 e. The SMILES string of the molecule is CCOC(=O)c1cn(Cc2ccc(C)cc2)c2cc(C(F)(F)F)ccc2c1=O. The van der Waals surface area contributed by atoms with Crippen molar-refractivity contribution in [1.29, 1.82) is 0 Å². The fourth-order valence-corrected chi connectivity index (χ4v) is 2.94. The summed E-state index contributed by atoms with van der Waals surface area (Å²) in [7, 11) is 0. The summed E-state index contributed by atoms with van der Waals surface area (Å²) in [6, 6.07) is 10.3. The van der Waals surface area contributed by atoms with Gasteiger partial charge in [0.2, 0.25) is 5.43 Å². The molecule has 146 valence electrons. The van der Waals surface area contributed by atoms with E-state index in [1.54, 1.807) is 6.92 Å². The molecule has 3 aromatic rings. The van der Waals surface area contributed by atoms with Gasteiger partial charge in [-0.25, -0.2) is 4.79 Å². The van der Waals surface area contributed by atoms with Gasteiger partial charge in [-0.3, -0.25) is 4.79 Å². The van der Waals surface area contributed by atoms with Crippen LogP contribution < -0.4 is 5.43 Å². The van der Waals surface area contributed by atoms with Crippen LogP contribution in [-0.2, 0) is 17.5 Å². The summed E-state index contributed by atoms with van der Waals surface area (Å²) in [5.41, 5.74) is 0.251. The fourth-order valence-electron chi connectivity index (χ4n) is 2.94. The largest absolute Gasteiger partial charge is 0.462 e. The number of nitrogens with zero attached hydrogens (tertiary/aromatic N) is 1. The number of esters is 1. The van der Waals surface area contributed by atoms with Gasteiger partial charge in [0.15, 0.2) is 0 Å². The number of alkyl halides is 3. The Balaban J connectivity index is 2.23. The van der Waals surface area contributed by atoms with E-state index < -0.39 is 23.1 Å². The van der Waals surface area contributed by atoms with E-state index in [0.717, 1.165) is 29.3 Å². The lowest BCUT2D eigenvalue weighted by atomic mass is 10.1. The smallest absolute Gasteiger partial charge is 0.416 e. The third kappa shape index (κ3) is 3.93. The highest BCUT2D eigenvalue weighted by Crippen LogP contribution is 2.31. The Morgan fingerprint density at radius 2 is 1.79 bits per heavy atom. The zero-order valence-corrected chi connectivity index (χ0v) is 15.3. The van der Waals surface area contributed by atoms with Crippen LogP contribution in [0.25, 0.3) is 10.9 Å². The summed E-state index contributed by atoms with van der Waals surface area (Å²) in [5.74, 6) is -0.799. The van der Waals surface area contributed by atoms with Gasteiger partial charge in [0.25, 0.3) is 0 Å². The molecule has 28 heavy (non-hydrogen) atoms. The zero-order chi connectivity index (χ0) is 20.5. The molecule has 0 saturated heterocycles. The van der Waals surface area contributed by atoms with Crippen LogP contribution in [0.3, 0.4) is 0 Å². The molecule has 0 spiro atoms. The van der Waals surface area contributed by atoms with Gasteiger partial charge in [-0.1, -0.05) is 29.8 Å². The van der Waals surface area contributed by atoms with Crippen molar-refractivity contribution in [2.45, 2.75) is 26.6 Å². The molecule has 4 nitrogen and oxygen atoms in total. The molecule has 1 heterocycles. The molecule has 0 unspecified atom stereocenters. The van der Waals surface area contributed by atoms with Crippen molar-refractivity contribution in [3.63, 3.8) is 0 Å². The summed E-state index contributed by atoms with van der Waals surface area (Å²) in [5, 5.41) is 0.0330. The monoisotopic (exact) mass is 389 g/mol. The topological polar surface area (TPSA) is 48.3 Å². The van der Waals surface area contributed by atoms with Crippen LogP contribution in [0.1, 0.15) is 34.0 Å². The molecular weight excluding hydrogens is 371 g/mol. The second-order valence-corrected chi connectivity index (χ2v) is 6.44. The predicted octanol–water partition coefficient (Wildman–Crippen LogP) is 4.55. The number of rotatable bonds is 4. The Hall–Kier alpha value is -3.09. The van der Waals surface area contributed by atoms with Crippen molar-refractivity contribution in [3.8, 4) is 0 Å². The molecule has 0 amide bonds. The summed E-state index contributed by atoms with van der Waals surface area (Å²) in [6.07, 6.45) is -3.28. The van der Waals surface area contributed by atoms with Gasteiger partial charge in [-0.2, -0.15) is 13.2 Å². The maximum atomic E-state index is 13.2. The number of ether oxygens (including phenoxy) is 1. The molecular formula is C21H18F3NO3. The first-order valence-corrected chi connectivity index (χ1v) is 8.67. The van der Waals surface area contributed by atoms with Crippen LogP contribution in [-0.4, -0.2) is 17.1 Å². The minimum Gasteiger partial charge on any atom is -0.462 e. The quantitative estimate of drug-likeness (QED) is 0.615. The first-order valence-electron chi connectivity index (χ1n) is 8.67. The molecule has 0 saturated carbocycles. The van der Waals surface area contributed by atoms with Crippen molar-refractivity contribution in [2.75, 3.05) is 6.61 Å². The van der Waals surface area contributed by atoms with E-state index in [9.17, 15) is 22.8 Å². The van der Waals surface area contributed by atoms with E-state index in [4.69, 9.17) is 4.74 Å². The van der Waals surface area contributed by atoms with Crippen molar-refractivity contribution < 1.29 is 22.7 Å². The number of pyridine rings is 1. The number of benzene rings is 2. The second kappa shape index (κ2) is 7.50. The summed E-state index contributed by atoms with van der Waals surface area (Å²) in [4.78, 5) is 24.8. The van der Waals surface area contributed by atoms with E-state index in [1.165, 1.54) is 10.8 Å². The normalized spacial score (nSPS) is 11.6. The third-order valence-electron chi connectivity index (χ3n) is 4.38. The lowest BCUT2D eigenvalue weighted by molar-refractivity contribution is -0.137. The molecule has 0 N–H and O–H groups in total. The van der Waals surface area contributed by atoms with Crippen molar-refractivity contribution in [2.24, 2.45) is 0 Å². The van der Waals surface area contributed by atoms with Crippen LogP contribution in [0.5, 0.6) is 0 Å². The number of hydrogen-bond acceptors (Lipinski definition) is 3. The Labute approximate surface area is 159 Å². The molecule has 0 aliphatic carbocycles. The molecule has 2 aromatic carbocycles. The minimum absolute atomic E-state index is 0.0330. The first kappa shape index (κ1) is 19.7. The molecule has 0 fully saturated rings. The molecule has 3 rings (SSSR count). The highest BCUT2D eigenvalue weighted by molar-refractivity contribution is 5.94. The van der Waals surface area contributed by atoms with Crippen molar-refractivity contribution in [1.82, 2.24) is 4.57 Å². The van der Waals surface area contributed by atoms with Gasteiger partial charge < -0.3 is 9.30 Å². The molecule has 1 aromatic heterocycles. The summed E-state index contributed by atoms with van der Waals surface area (Å²) in [6.45, 7) is 3.82. The van der Waals surface area contributed by atoms with Crippen LogP contribution in [0.15, 0.2) is 53.5 Å². The zero-order valence-electron chi connectivity index (χ0n) is 15.3. The lowest BCUT2D eigenvalue weighted by Crippen LogP contribution is -2.21. The van der Waals surface area contributed by atoms with Crippen molar-refractivity contribution in [3.05, 3.63) is 81.1 Å². The van der Waals surface area contributed by atoms with Crippen LogP contribution in [0, 0.1) is 6.92 Å². The Morgan fingerprint density at radius 3 is 2.39 bits per heavy atom. The van der Waals surface area contributed by atoms with E-state index in [1.807, 2.05) is 31.2 Å². The molecule has 0 aliphatic rings. The number of aromatic nitrogens is 1. The third-order valence-corrected chi connectivity index (χ3v) is 4.38. The molecule has 0 atom stereocenters. The van der Waals surface area contributed by atoms with E-state index in [-0.39, 0.29) is 29.6 Å². The van der Waals surface area contributed by atoms with Gasteiger partial charge in [0.1, 0.15) is 5.56 Å². The van der Waals surface area contributed by atoms with Crippen LogP contribution in [0.2, 0.25) is 0 Å². The summed E-state index contributed by atoms with van der Waals surface area (Å²) >= 11 is 0. The van der Waals surface area contributed by atoms with Gasteiger partial charge >= 0.3 is 12.1 Å². The fraction of sp³-hybridized carbons (Fsp3) is 0.238. The number of aryl methyl sites for hydroxylation is 1. The second-order valence-electron chi connectivity index (χ2n) is 6.44.